The lowest BCUT2D eigenvalue weighted by molar-refractivity contribution is 0.0699. The lowest BCUT2D eigenvalue weighted by atomic mass is 10.1. The Morgan fingerprint density at radius 1 is 1.14 bits per heavy atom. The van der Waals surface area contributed by atoms with Crippen LogP contribution in [0.1, 0.15) is 21.7 Å². The van der Waals surface area contributed by atoms with Crippen molar-refractivity contribution in [3.63, 3.8) is 0 Å². The highest BCUT2D eigenvalue weighted by atomic mass is 79.9. The minimum atomic E-state index is -0.961. The molecule has 0 spiro atoms. The maximum absolute atomic E-state index is 11.6. The summed E-state index contributed by atoms with van der Waals surface area (Å²) in [6, 6.07) is 9.20. The number of rotatable bonds is 3. The van der Waals surface area contributed by atoms with Crippen LogP contribution >= 0.6 is 31.9 Å². The molecule has 3 rings (SSSR count). The monoisotopic (exact) mass is 420 g/mol. The Hall–Kier alpha value is -1.92. The molecule has 0 amide bonds. The van der Waals surface area contributed by atoms with E-state index in [2.05, 4.69) is 41.8 Å². The van der Waals surface area contributed by atoms with Gasteiger partial charge in [0.25, 0.3) is 0 Å². The van der Waals surface area contributed by atoms with Gasteiger partial charge in [0.05, 0.1) is 17.0 Å². The Bertz CT molecular complexity index is 883. The molecule has 2 N–H and O–H groups in total. The maximum Gasteiger partial charge on any atom is 0.338 e. The molecule has 0 aliphatic rings. The Labute approximate surface area is 143 Å². The van der Waals surface area contributed by atoms with Crippen molar-refractivity contribution in [1.82, 2.24) is 9.97 Å². The summed E-state index contributed by atoms with van der Waals surface area (Å²) in [6.45, 7) is 0. The Morgan fingerprint density at radius 3 is 2.59 bits per heavy atom. The Balaban J connectivity index is 2.07. The van der Waals surface area contributed by atoms with Crippen molar-refractivity contribution >= 4 is 60.9 Å². The van der Waals surface area contributed by atoms with Crippen molar-refractivity contribution < 1.29 is 9.90 Å². The molecular formula is C16H10Br2N2O2. The number of aromatic carboxylic acids is 1. The fourth-order valence-corrected chi connectivity index (χ4v) is 2.80. The zero-order valence-electron chi connectivity index (χ0n) is 11.2. The SMILES string of the molecule is O=C(O)c1c(C=Cc2ccc(Br)cn2)[nH]c2cc(Br)ccc12. The number of halogens is 2. The summed E-state index contributed by atoms with van der Waals surface area (Å²) in [7, 11) is 0. The van der Waals surface area contributed by atoms with Gasteiger partial charge in [0.2, 0.25) is 0 Å². The molecule has 0 saturated heterocycles. The average molecular weight is 422 g/mol. The highest BCUT2D eigenvalue weighted by Gasteiger charge is 2.16. The number of aromatic amines is 1. The fraction of sp³-hybridized carbons (Fsp3) is 0. The van der Waals surface area contributed by atoms with E-state index < -0.39 is 5.97 Å². The van der Waals surface area contributed by atoms with Crippen molar-refractivity contribution in [3.8, 4) is 0 Å². The first kappa shape index (κ1) is 15.0. The van der Waals surface area contributed by atoms with Crippen LogP contribution in [0.5, 0.6) is 0 Å². The molecule has 0 fully saturated rings. The summed E-state index contributed by atoms with van der Waals surface area (Å²) in [4.78, 5) is 18.9. The quantitative estimate of drug-likeness (QED) is 0.628. The van der Waals surface area contributed by atoms with Gasteiger partial charge < -0.3 is 10.1 Å². The summed E-state index contributed by atoms with van der Waals surface area (Å²) in [6.07, 6.45) is 5.20. The number of nitrogens with zero attached hydrogens (tertiary/aromatic N) is 1. The molecule has 0 unspecified atom stereocenters. The number of hydrogen-bond acceptors (Lipinski definition) is 2. The number of carbonyl (C=O) groups is 1. The predicted octanol–water partition coefficient (Wildman–Crippen LogP) is 4.96. The van der Waals surface area contributed by atoms with Crippen LogP contribution < -0.4 is 0 Å². The summed E-state index contributed by atoms with van der Waals surface area (Å²) in [5.74, 6) is -0.961. The van der Waals surface area contributed by atoms with Gasteiger partial charge in [-0.1, -0.05) is 22.0 Å². The number of nitrogens with one attached hydrogen (secondary N) is 1. The van der Waals surface area contributed by atoms with Gasteiger partial charge in [-0.25, -0.2) is 4.79 Å². The molecule has 1 aromatic carbocycles. The number of carboxylic acid groups (broad SMARTS) is 1. The van der Waals surface area contributed by atoms with Crippen LogP contribution in [0.2, 0.25) is 0 Å². The molecule has 0 saturated carbocycles. The van der Waals surface area contributed by atoms with Crippen LogP contribution in [0.15, 0.2) is 45.5 Å². The van der Waals surface area contributed by atoms with E-state index in [9.17, 15) is 9.90 Å². The molecule has 2 aromatic heterocycles. The molecule has 2 heterocycles. The first-order chi connectivity index (χ1) is 10.5. The van der Waals surface area contributed by atoms with Gasteiger partial charge >= 0.3 is 5.97 Å². The molecule has 6 heteroatoms. The third-order valence-electron chi connectivity index (χ3n) is 3.17. The van der Waals surface area contributed by atoms with Crippen LogP contribution in [-0.2, 0) is 0 Å². The van der Waals surface area contributed by atoms with E-state index >= 15 is 0 Å². The number of benzene rings is 1. The van der Waals surface area contributed by atoms with E-state index in [-0.39, 0.29) is 5.56 Å². The van der Waals surface area contributed by atoms with Gasteiger partial charge in [0.15, 0.2) is 0 Å². The lowest BCUT2D eigenvalue weighted by Crippen LogP contribution is -1.97. The van der Waals surface area contributed by atoms with E-state index in [1.807, 2.05) is 24.3 Å². The van der Waals surface area contributed by atoms with Gasteiger partial charge in [-0.2, -0.15) is 0 Å². The van der Waals surface area contributed by atoms with Crippen molar-refractivity contribution in [2.24, 2.45) is 0 Å². The third kappa shape index (κ3) is 2.98. The van der Waals surface area contributed by atoms with E-state index in [1.54, 1.807) is 24.4 Å². The summed E-state index contributed by atoms with van der Waals surface area (Å²) in [5.41, 5.74) is 2.33. The second kappa shape index (κ2) is 6.06. The van der Waals surface area contributed by atoms with Gasteiger partial charge in [-0.3, -0.25) is 4.98 Å². The predicted molar refractivity (Wildman–Crippen MR) is 93.8 cm³/mol. The van der Waals surface area contributed by atoms with Crippen LogP contribution in [0.4, 0.5) is 0 Å². The smallest absolute Gasteiger partial charge is 0.338 e. The van der Waals surface area contributed by atoms with Crippen LogP contribution in [-0.4, -0.2) is 21.0 Å². The fourth-order valence-electron chi connectivity index (χ4n) is 2.20. The highest BCUT2D eigenvalue weighted by molar-refractivity contribution is 9.10. The Morgan fingerprint density at radius 2 is 1.91 bits per heavy atom. The second-order valence-electron chi connectivity index (χ2n) is 4.64. The van der Waals surface area contributed by atoms with Crippen LogP contribution in [0.3, 0.4) is 0 Å². The first-order valence-electron chi connectivity index (χ1n) is 6.39. The molecule has 0 aliphatic carbocycles. The molecule has 0 atom stereocenters. The first-order valence-corrected chi connectivity index (χ1v) is 7.97. The van der Waals surface area contributed by atoms with E-state index in [4.69, 9.17) is 0 Å². The van der Waals surface area contributed by atoms with Crippen molar-refractivity contribution in [1.29, 1.82) is 0 Å². The largest absolute Gasteiger partial charge is 0.478 e. The van der Waals surface area contributed by atoms with Gasteiger partial charge in [-0.15, -0.1) is 0 Å². The van der Waals surface area contributed by atoms with E-state index in [0.29, 0.717) is 11.1 Å². The number of hydrogen-bond donors (Lipinski definition) is 2. The molecular weight excluding hydrogens is 412 g/mol. The summed E-state index contributed by atoms with van der Waals surface area (Å²) in [5, 5.41) is 10.1. The van der Waals surface area contributed by atoms with Crippen LogP contribution in [0, 0.1) is 0 Å². The van der Waals surface area contributed by atoms with Crippen molar-refractivity contribution in [2.75, 3.05) is 0 Å². The second-order valence-corrected chi connectivity index (χ2v) is 6.47. The van der Waals surface area contributed by atoms with Gasteiger partial charge in [0.1, 0.15) is 0 Å². The lowest BCUT2D eigenvalue weighted by Gasteiger charge is -1.95. The molecule has 4 nitrogen and oxygen atoms in total. The molecule has 110 valence electrons. The van der Waals surface area contributed by atoms with E-state index in [0.717, 1.165) is 20.2 Å². The normalized spacial score (nSPS) is 11.4. The van der Waals surface area contributed by atoms with Gasteiger partial charge in [-0.05, 0) is 52.3 Å². The third-order valence-corrected chi connectivity index (χ3v) is 4.14. The number of H-pyrrole nitrogens is 1. The number of fused-ring (bicyclic) bond motifs is 1. The van der Waals surface area contributed by atoms with Gasteiger partial charge in [0, 0.05) is 26.0 Å². The molecule has 3 aromatic rings. The molecule has 22 heavy (non-hydrogen) atoms. The average Bonchev–Trinajstić information content (AvgIpc) is 2.84. The number of aromatic nitrogens is 2. The Kier molecular flexibility index (Phi) is 4.13. The number of pyridine rings is 1. The molecule has 0 bridgehead atoms. The van der Waals surface area contributed by atoms with Crippen molar-refractivity contribution in [3.05, 3.63) is 62.4 Å². The zero-order valence-corrected chi connectivity index (χ0v) is 14.3. The standard InChI is InChI=1S/C16H10Br2N2O2/c17-9-2-5-12-14(7-9)20-13(15(12)16(21)22)6-4-11-3-1-10(18)8-19-11/h1-8,20H,(H,21,22). The highest BCUT2D eigenvalue weighted by Crippen LogP contribution is 2.26. The maximum atomic E-state index is 11.6. The topological polar surface area (TPSA) is 66.0 Å². The minimum absolute atomic E-state index is 0.260. The summed E-state index contributed by atoms with van der Waals surface area (Å²) < 4.78 is 1.79. The zero-order chi connectivity index (χ0) is 15.7. The summed E-state index contributed by atoms with van der Waals surface area (Å²) >= 11 is 6.71. The minimum Gasteiger partial charge on any atom is -0.478 e. The van der Waals surface area contributed by atoms with E-state index in [1.165, 1.54) is 0 Å². The van der Waals surface area contributed by atoms with Crippen molar-refractivity contribution in [2.45, 2.75) is 0 Å². The molecule has 0 aliphatic heterocycles. The molecule has 0 radical (unpaired) electrons. The number of carboxylic acids is 1. The van der Waals surface area contributed by atoms with Crippen LogP contribution in [0.25, 0.3) is 23.1 Å².